The molecule has 24 heavy (non-hydrogen) atoms. The molecule has 2 aromatic rings. The molecule has 1 aromatic carbocycles. The fourth-order valence-electron chi connectivity index (χ4n) is 2.32. The average molecular weight is 331 g/mol. The largest absolute Gasteiger partial charge is 0.352 e. The number of nitrogens with one attached hydrogen (secondary N) is 2. The standard InChI is InChI=1S/C16H18FN5O2/c1-9(2)18-16-20-13(10-3-4-10)8-15(21-16)19-11-5-6-12(17)14(7-11)22(23)24/h5-10H,3-4H2,1-2H3,(H2,18,19,20,21). The fraction of sp³-hybridized carbons (Fsp3) is 0.375. The zero-order valence-electron chi connectivity index (χ0n) is 13.4. The van der Waals surface area contributed by atoms with Crippen LogP contribution in [0.2, 0.25) is 0 Å². The SMILES string of the molecule is CC(C)Nc1nc(Nc2ccc(F)c([N+](=O)[O-])c2)cc(C2CC2)n1. The van der Waals surface area contributed by atoms with Crippen molar-refractivity contribution in [3.63, 3.8) is 0 Å². The van der Waals surface area contributed by atoms with E-state index in [2.05, 4.69) is 20.6 Å². The zero-order chi connectivity index (χ0) is 17.3. The van der Waals surface area contributed by atoms with Crippen LogP contribution in [0.25, 0.3) is 0 Å². The first-order valence-corrected chi connectivity index (χ1v) is 7.79. The number of hydrogen-bond donors (Lipinski definition) is 2. The quantitative estimate of drug-likeness (QED) is 0.614. The summed E-state index contributed by atoms with van der Waals surface area (Å²) in [7, 11) is 0. The van der Waals surface area contributed by atoms with E-state index in [1.54, 1.807) is 0 Å². The van der Waals surface area contributed by atoms with E-state index in [0.29, 0.717) is 23.4 Å². The van der Waals surface area contributed by atoms with Crippen LogP contribution in [-0.2, 0) is 0 Å². The number of benzene rings is 1. The van der Waals surface area contributed by atoms with Gasteiger partial charge >= 0.3 is 5.69 Å². The molecular formula is C16H18FN5O2. The van der Waals surface area contributed by atoms with Gasteiger partial charge in [-0.15, -0.1) is 0 Å². The Bertz CT molecular complexity index is 777. The van der Waals surface area contributed by atoms with Gasteiger partial charge in [0.25, 0.3) is 0 Å². The lowest BCUT2D eigenvalue weighted by Crippen LogP contribution is -2.14. The second-order valence-corrected chi connectivity index (χ2v) is 6.12. The third-order valence-electron chi connectivity index (χ3n) is 3.57. The lowest BCUT2D eigenvalue weighted by molar-refractivity contribution is -0.387. The van der Waals surface area contributed by atoms with Crippen LogP contribution in [0.3, 0.4) is 0 Å². The Labute approximate surface area is 138 Å². The predicted octanol–water partition coefficient (Wildman–Crippen LogP) is 3.97. The maximum atomic E-state index is 13.4. The Balaban J connectivity index is 1.90. The van der Waals surface area contributed by atoms with E-state index < -0.39 is 16.4 Å². The summed E-state index contributed by atoms with van der Waals surface area (Å²) in [6, 6.07) is 5.68. The van der Waals surface area contributed by atoms with Crippen LogP contribution in [0.5, 0.6) is 0 Å². The van der Waals surface area contributed by atoms with E-state index in [4.69, 9.17) is 0 Å². The minimum atomic E-state index is -0.867. The Morgan fingerprint density at radius 3 is 2.67 bits per heavy atom. The van der Waals surface area contributed by atoms with Crippen LogP contribution < -0.4 is 10.6 Å². The van der Waals surface area contributed by atoms with Crippen molar-refractivity contribution in [3.05, 3.63) is 45.9 Å². The molecule has 126 valence electrons. The molecule has 0 bridgehead atoms. The van der Waals surface area contributed by atoms with E-state index in [9.17, 15) is 14.5 Å². The Hall–Kier alpha value is -2.77. The van der Waals surface area contributed by atoms with Crippen molar-refractivity contribution in [1.29, 1.82) is 0 Å². The molecule has 7 nitrogen and oxygen atoms in total. The summed E-state index contributed by atoms with van der Waals surface area (Å²) >= 11 is 0. The van der Waals surface area contributed by atoms with Gasteiger partial charge in [0.1, 0.15) is 5.82 Å². The smallest absolute Gasteiger partial charge is 0.306 e. The van der Waals surface area contributed by atoms with Gasteiger partial charge in [-0.2, -0.15) is 9.37 Å². The fourth-order valence-corrected chi connectivity index (χ4v) is 2.32. The second kappa shape index (κ2) is 6.38. The van der Waals surface area contributed by atoms with E-state index >= 15 is 0 Å². The van der Waals surface area contributed by atoms with Crippen LogP contribution >= 0.6 is 0 Å². The normalized spacial score (nSPS) is 13.8. The summed E-state index contributed by atoms with van der Waals surface area (Å²) in [6.45, 7) is 3.98. The third kappa shape index (κ3) is 3.76. The zero-order valence-corrected chi connectivity index (χ0v) is 13.4. The minimum absolute atomic E-state index is 0.180. The molecule has 0 spiro atoms. The number of nitro benzene ring substituents is 1. The van der Waals surface area contributed by atoms with E-state index in [0.717, 1.165) is 30.7 Å². The molecule has 2 N–H and O–H groups in total. The number of hydrogen-bond acceptors (Lipinski definition) is 6. The van der Waals surface area contributed by atoms with Gasteiger partial charge in [-0.1, -0.05) is 0 Å². The molecule has 1 saturated carbocycles. The van der Waals surface area contributed by atoms with Gasteiger partial charge in [0.15, 0.2) is 0 Å². The van der Waals surface area contributed by atoms with Gasteiger partial charge in [0.2, 0.25) is 11.8 Å². The molecule has 0 saturated heterocycles. The summed E-state index contributed by atoms with van der Waals surface area (Å²) < 4.78 is 13.4. The third-order valence-corrected chi connectivity index (χ3v) is 3.57. The monoisotopic (exact) mass is 331 g/mol. The second-order valence-electron chi connectivity index (χ2n) is 6.12. The highest BCUT2D eigenvalue weighted by Gasteiger charge is 2.26. The van der Waals surface area contributed by atoms with Crippen molar-refractivity contribution in [2.75, 3.05) is 10.6 Å². The molecule has 0 amide bonds. The van der Waals surface area contributed by atoms with Crippen molar-refractivity contribution in [3.8, 4) is 0 Å². The number of aromatic nitrogens is 2. The molecule has 0 radical (unpaired) electrons. The highest BCUT2D eigenvalue weighted by atomic mass is 19.1. The van der Waals surface area contributed by atoms with Crippen molar-refractivity contribution >= 4 is 23.1 Å². The summed E-state index contributed by atoms with van der Waals surface area (Å²) in [5, 5.41) is 17.0. The highest BCUT2D eigenvalue weighted by molar-refractivity contribution is 5.61. The number of halogens is 1. The van der Waals surface area contributed by atoms with Crippen LogP contribution in [-0.4, -0.2) is 20.9 Å². The molecular weight excluding hydrogens is 313 g/mol. The van der Waals surface area contributed by atoms with Gasteiger partial charge in [0, 0.05) is 29.8 Å². The number of rotatable bonds is 6. The molecule has 0 unspecified atom stereocenters. The van der Waals surface area contributed by atoms with Crippen molar-refractivity contribution in [2.45, 2.75) is 38.6 Å². The van der Waals surface area contributed by atoms with Crippen LogP contribution in [0.4, 0.5) is 27.5 Å². The maximum Gasteiger partial charge on any atom is 0.306 e. The van der Waals surface area contributed by atoms with Gasteiger partial charge in [0.05, 0.1) is 10.6 Å². The van der Waals surface area contributed by atoms with Gasteiger partial charge in [-0.25, -0.2) is 4.98 Å². The van der Waals surface area contributed by atoms with E-state index in [1.807, 2.05) is 19.9 Å². The molecule has 0 atom stereocenters. The summed E-state index contributed by atoms with van der Waals surface area (Å²) in [4.78, 5) is 19.0. The van der Waals surface area contributed by atoms with Crippen molar-refractivity contribution < 1.29 is 9.31 Å². The minimum Gasteiger partial charge on any atom is -0.352 e. The van der Waals surface area contributed by atoms with E-state index in [-0.39, 0.29) is 6.04 Å². The molecule has 1 aromatic heterocycles. The molecule has 1 heterocycles. The molecule has 8 heteroatoms. The lowest BCUT2D eigenvalue weighted by atomic mass is 10.2. The van der Waals surface area contributed by atoms with Crippen molar-refractivity contribution in [2.24, 2.45) is 0 Å². The average Bonchev–Trinajstić information content (AvgIpc) is 3.32. The Morgan fingerprint density at radius 1 is 1.29 bits per heavy atom. The van der Waals surface area contributed by atoms with Crippen LogP contribution in [0, 0.1) is 15.9 Å². The topological polar surface area (TPSA) is 93.0 Å². The van der Waals surface area contributed by atoms with E-state index in [1.165, 1.54) is 6.07 Å². The molecule has 1 aliphatic carbocycles. The maximum absolute atomic E-state index is 13.4. The van der Waals surface area contributed by atoms with Crippen LogP contribution in [0.15, 0.2) is 24.3 Å². The Kier molecular flexibility index (Phi) is 4.28. The summed E-state index contributed by atoms with van der Waals surface area (Å²) in [6.07, 6.45) is 2.19. The lowest BCUT2D eigenvalue weighted by Gasteiger charge is -2.13. The number of nitro groups is 1. The van der Waals surface area contributed by atoms with Gasteiger partial charge in [-0.05, 0) is 38.8 Å². The molecule has 1 aliphatic rings. The molecule has 3 rings (SSSR count). The first-order valence-electron chi connectivity index (χ1n) is 7.79. The van der Waals surface area contributed by atoms with Crippen molar-refractivity contribution in [1.82, 2.24) is 9.97 Å². The Morgan fingerprint density at radius 2 is 2.04 bits per heavy atom. The summed E-state index contributed by atoms with van der Waals surface area (Å²) in [5.41, 5.74) is 0.767. The van der Waals surface area contributed by atoms with Gasteiger partial charge < -0.3 is 10.6 Å². The number of nitrogens with zero attached hydrogens (tertiary/aromatic N) is 3. The number of anilines is 3. The highest BCUT2D eigenvalue weighted by Crippen LogP contribution is 2.40. The predicted molar refractivity (Wildman–Crippen MR) is 89.1 cm³/mol. The molecule has 1 fully saturated rings. The molecule has 0 aliphatic heterocycles. The van der Waals surface area contributed by atoms with Crippen LogP contribution in [0.1, 0.15) is 38.3 Å². The first-order chi connectivity index (χ1) is 11.4. The summed E-state index contributed by atoms with van der Waals surface area (Å²) in [5.74, 6) is 0.599. The first kappa shape index (κ1) is 16.1. The van der Waals surface area contributed by atoms with Gasteiger partial charge in [-0.3, -0.25) is 10.1 Å².